The predicted molar refractivity (Wildman–Crippen MR) is 24.9 cm³/mol. The molecule has 0 atom stereocenters. The van der Waals surface area contributed by atoms with Crippen molar-refractivity contribution in [1.29, 1.82) is 0 Å². The van der Waals surface area contributed by atoms with Gasteiger partial charge < -0.3 is 19.2 Å². The van der Waals surface area contributed by atoms with Crippen LogP contribution < -0.4 is 14.7 Å². The minimum absolute atomic E-state index is 0. The first-order valence-electron chi connectivity index (χ1n) is 0.730. The van der Waals surface area contributed by atoms with Gasteiger partial charge in [-0.05, 0) is 0 Å². The van der Waals surface area contributed by atoms with Gasteiger partial charge in [0.15, 0.2) is 0 Å². The predicted octanol–water partition coefficient (Wildman–Crippen LogP) is -3.97. The standard InChI is InChI=1S/3Ca.H3O4P.Ti/c;;;1-5(2,3)4;/h;;;(H3,1,2,3,4);/q3*+2;;+4/p-3. The second-order valence-corrected chi connectivity index (χ2v) is 1.34. The molecule has 9 heteroatoms. The normalized spacial score (nSPS) is 6.56. The van der Waals surface area contributed by atoms with Crippen LogP contribution in [0.15, 0.2) is 0 Å². The Bertz CT molecular complexity index is 61.9. The molecule has 32 valence electrons. The zero-order valence-electron chi connectivity index (χ0n) is 4.70. The maximum Gasteiger partial charge on any atom is 4.00 e. The summed E-state index contributed by atoms with van der Waals surface area (Å²) in [5.74, 6) is 0. The molecule has 0 unspecified atom stereocenters. The monoisotopic (exact) mass is 263 g/mol. The third-order valence-corrected chi connectivity index (χ3v) is 0. The van der Waals surface area contributed by atoms with Gasteiger partial charge in [-0.1, -0.05) is 0 Å². The van der Waals surface area contributed by atoms with Crippen molar-refractivity contribution in [2.45, 2.75) is 0 Å². The van der Waals surface area contributed by atoms with Gasteiger partial charge in [0, 0.05) is 0 Å². The summed E-state index contributed by atoms with van der Waals surface area (Å²) in [4.78, 5) is 25.6. The van der Waals surface area contributed by atoms with Crippen LogP contribution in [0.25, 0.3) is 0 Å². The number of phosphoric acid groups is 1. The van der Waals surface area contributed by atoms with Crippen molar-refractivity contribution in [3.05, 3.63) is 0 Å². The summed E-state index contributed by atoms with van der Waals surface area (Å²) in [6.45, 7) is 0. The van der Waals surface area contributed by atoms with E-state index >= 15 is 0 Å². The average molecular weight is 263 g/mol. The van der Waals surface area contributed by atoms with Crippen LogP contribution >= 0.6 is 7.82 Å². The molecule has 0 radical (unpaired) electrons. The van der Waals surface area contributed by atoms with E-state index in [1.807, 2.05) is 0 Å². The molecule has 0 aromatic rings. The van der Waals surface area contributed by atoms with Crippen molar-refractivity contribution in [2.75, 3.05) is 0 Å². The van der Waals surface area contributed by atoms with Crippen molar-refractivity contribution in [3.8, 4) is 0 Å². The van der Waals surface area contributed by atoms with E-state index in [0.29, 0.717) is 0 Å². The molecule has 0 saturated heterocycles. The second-order valence-electron chi connectivity index (χ2n) is 0.447. The van der Waals surface area contributed by atoms with E-state index < -0.39 is 7.82 Å². The first-order chi connectivity index (χ1) is 2.00. The summed E-state index contributed by atoms with van der Waals surface area (Å²) >= 11 is 0. The SMILES string of the molecule is O=P([O-])([O-])[O-].[Ca+2].[Ca+2].[Ca+2].[Ti+4]. The van der Waals surface area contributed by atoms with Gasteiger partial charge in [0.25, 0.3) is 0 Å². The maximum absolute atomic E-state index is 8.55. The van der Waals surface area contributed by atoms with Gasteiger partial charge in [-0.25, -0.2) is 0 Å². The van der Waals surface area contributed by atoms with E-state index in [9.17, 15) is 0 Å². The molecule has 0 aromatic heterocycles. The van der Waals surface area contributed by atoms with Crippen molar-refractivity contribution in [3.63, 3.8) is 0 Å². The molecule has 4 nitrogen and oxygen atoms in total. The van der Waals surface area contributed by atoms with Crippen LogP contribution in [0.5, 0.6) is 0 Å². The van der Waals surface area contributed by atoms with Crippen LogP contribution in [-0.2, 0) is 26.3 Å². The fourth-order valence-electron chi connectivity index (χ4n) is 0. The number of hydrogen-bond acceptors (Lipinski definition) is 4. The fraction of sp³-hybridized carbons (Fsp3) is 0. The van der Waals surface area contributed by atoms with E-state index in [2.05, 4.69) is 0 Å². The van der Waals surface area contributed by atoms with Crippen LogP contribution in [0.1, 0.15) is 0 Å². The van der Waals surface area contributed by atoms with E-state index in [0.717, 1.165) is 0 Å². The fourth-order valence-corrected chi connectivity index (χ4v) is 0. The van der Waals surface area contributed by atoms with E-state index in [-0.39, 0.29) is 135 Å². The second kappa shape index (κ2) is 15.1. The molecule has 0 amide bonds. The largest absolute Gasteiger partial charge is 4.00 e. The van der Waals surface area contributed by atoms with E-state index in [4.69, 9.17) is 19.2 Å². The molecule has 0 aromatic carbocycles. The van der Waals surface area contributed by atoms with Crippen LogP contribution in [0, 0.1) is 0 Å². The molecule has 0 bridgehead atoms. The van der Waals surface area contributed by atoms with Gasteiger partial charge in [-0.15, -0.1) is 0 Å². The Morgan fingerprint density at radius 1 is 0.889 bits per heavy atom. The molecular formula is Ca3O4PTi+7. The Morgan fingerprint density at radius 2 is 0.889 bits per heavy atom. The van der Waals surface area contributed by atoms with Gasteiger partial charge in [-0.3, -0.25) is 0 Å². The van der Waals surface area contributed by atoms with Gasteiger partial charge >= 0.3 is 135 Å². The maximum atomic E-state index is 8.55. The van der Waals surface area contributed by atoms with Crippen LogP contribution in [0.2, 0.25) is 0 Å². The summed E-state index contributed by atoms with van der Waals surface area (Å²) in [6, 6.07) is 0. The summed E-state index contributed by atoms with van der Waals surface area (Å²) < 4.78 is 8.55. The summed E-state index contributed by atoms with van der Waals surface area (Å²) in [7, 11) is -5.39. The Balaban J connectivity index is -0.0000000133. The quantitative estimate of drug-likeness (QED) is 0.329. The molecule has 9 heavy (non-hydrogen) atoms. The third-order valence-electron chi connectivity index (χ3n) is 0. The van der Waals surface area contributed by atoms with Crippen LogP contribution in [0.3, 0.4) is 0 Å². The molecule has 0 N–H and O–H groups in total. The molecule has 0 fully saturated rings. The Labute approximate surface area is 158 Å². The van der Waals surface area contributed by atoms with Crippen molar-refractivity contribution >= 4 is 121 Å². The number of hydrogen-bond donors (Lipinski definition) is 0. The zero-order chi connectivity index (χ0) is 4.50. The molecule has 0 aliphatic rings. The van der Waals surface area contributed by atoms with Crippen molar-refractivity contribution in [2.24, 2.45) is 0 Å². The van der Waals surface area contributed by atoms with E-state index in [1.54, 1.807) is 0 Å². The van der Waals surface area contributed by atoms with Gasteiger partial charge in [-0.2, -0.15) is 7.82 Å². The molecular weight excluding hydrogens is 263 g/mol. The van der Waals surface area contributed by atoms with Crippen LogP contribution in [0.4, 0.5) is 0 Å². The van der Waals surface area contributed by atoms with Gasteiger partial charge in [0.2, 0.25) is 0 Å². The van der Waals surface area contributed by atoms with Gasteiger partial charge in [0.05, 0.1) is 0 Å². The minimum atomic E-state index is -5.39. The molecule has 0 rings (SSSR count). The smallest absolute Gasteiger partial charge is 0.822 e. The third kappa shape index (κ3) is 66.9. The first-order valence-corrected chi connectivity index (χ1v) is 2.19. The summed E-state index contributed by atoms with van der Waals surface area (Å²) in [5, 5.41) is 0. The molecule has 0 aliphatic heterocycles. The molecule has 0 spiro atoms. The Hall–Kier alpha value is 4.60. The minimum Gasteiger partial charge on any atom is -0.822 e. The zero-order valence-corrected chi connectivity index (χ0v) is 13.8. The molecule has 0 saturated carbocycles. The molecule has 0 heterocycles. The first kappa shape index (κ1) is 29.2. The topological polar surface area (TPSA) is 86.2 Å². The van der Waals surface area contributed by atoms with Gasteiger partial charge in [0.1, 0.15) is 0 Å². The van der Waals surface area contributed by atoms with Crippen molar-refractivity contribution < 1.29 is 41.0 Å². The van der Waals surface area contributed by atoms with E-state index in [1.165, 1.54) is 0 Å². The summed E-state index contributed by atoms with van der Waals surface area (Å²) in [6.07, 6.45) is 0. The Kier molecular flexibility index (Phi) is 49.0. The Morgan fingerprint density at radius 3 is 0.889 bits per heavy atom. The number of rotatable bonds is 0. The molecule has 0 aliphatic carbocycles. The average Bonchev–Trinajstić information content (AvgIpc) is 0.722. The summed E-state index contributed by atoms with van der Waals surface area (Å²) in [5.41, 5.74) is 0. The van der Waals surface area contributed by atoms with Crippen molar-refractivity contribution in [1.82, 2.24) is 0 Å². The van der Waals surface area contributed by atoms with Crippen LogP contribution in [-0.4, -0.2) is 113 Å².